The Bertz CT molecular complexity index is 419. The van der Waals surface area contributed by atoms with Gasteiger partial charge in [-0.2, -0.15) is 4.98 Å². The van der Waals surface area contributed by atoms with E-state index in [0.29, 0.717) is 12.5 Å². The Balaban J connectivity index is 1.90. The third kappa shape index (κ3) is 5.50. The van der Waals surface area contributed by atoms with Gasteiger partial charge in [0.2, 0.25) is 5.88 Å². The summed E-state index contributed by atoms with van der Waals surface area (Å²) in [5.74, 6) is 2.45. The van der Waals surface area contributed by atoms with Crippen molar-refractivity contribution in [1.82, 2.24) is 14.9 Å². The summed E-state index contributed by atoms with van der Waals surface area (Å²) in [6.07, 6.45) is 5.66. The van der Waals surface area contributed by atoms with Crippen LogP contribution in [0.1, 0.15) is 45.4 Å². The molecule has 2 heterocycles. The first kappa shape index (κ1) is 16.0. The maximum Gasteiger partial charge on any atom is 0.218 e. The molecule has 0 spiro atoms. The van der Waals surface area contributed by atoms with Crippen molar-refractivity contribution in [2.24, 2.45) is 0 Å². The molecule has 5 nitrogen and oxygen atoms in total. The van der Waals surface area contributed by atoms with E-state index in [9.17, 15) is 0 Å². The van der Waals surface area contributed by atoms with Gasteiger partial charge in [0.15, 0.2) is 0 Å². The second kappa shape index (κ2) is 8.82. The zero-order chi connectivity index (χ0) is 14.9. The van der Waals surface area contributed by atoms with Crippen LogP contribution < -0.4 is 10.1 Å². The smallest absolute Gasteiger partial charge is 0.218 e. The molecule has 0 saturated carbocycles. The lowest BCUT2D eigenvalue weighted by Gasteiger charge is -2.15. The van der Waals surface area contributed by atoms with Crippen LogP contribution in [0.15, 0.2) is 6.07 Å². The number of aromatic nitrogens is 2. The van der Waals surface area contributed by atoms with Gasteiger partial charge in [0.25, 0.3) is 0 Å². The Labute approximate surface area is 128 Å². The molecule has 0 amide bonds. The number of hydrogen-bond acceptors (Lipinski definition) is 5. The van der Waals surface area contributed by atoms with Crippen molar-refractivity contribution in [1.29, 1.82) is 0 Å². The molecule has 2 rings (SSSR count). The number of rotatable bonds is 9. The summed E-state index contributed by atoms with van der Waals surface area (Å²) in [4.78, 5) is 11.5. The van der Waals surface area contributed by atoms with Crippen molar-refractivity contribution >= 4 is 5.82 Å². The van der Waals surface area contributed by atoms with Crippen LogP contribution in [0.4, 0.5) is 5.82 Å². The van der Waals surface area contributed by atoms with Gasteiger partial charge in [0.05, 0.1) is 0 Å². The third-order valence-corrected chi connectivity index (χ3v) is 3.63. The zero-order valence-corrected chi connectivity index (χ0v) is 13.4. The van der Waals surface area contributed by atoms with Crippen LogP contribution in [0.3, 0.4) is 0 Å². The molecular formula is C16H28N4O. The predicted molar refractivity (Wildman–Crippen MR) is 86.0 cm³/mol. The molecule has 1 aliphatic rings. The lowest BCUT2D eigenvalue weighted by atomic mass is 10.3. The van der Waals surface area contributed by atoms with E-state index in [2.05, 4.69) is 34.0 Å². The van der Waals surface area contributed by atoms with Gasteiger partial charge < -0.3 is 10.1 Å². The van der Waals surface area contributed by atoms with Crippen LogP contribution >= 0.6 is 0 Å². The van der Waals surface area contributed by atoms with Crippen LogP contribution in [-0.2, 0) is 6.42 Å². The van der Waals surface area contributed by atoms with Crippen LogP contribution in [0, 0.1) is 0 Å². The Morgan fingerprint density at radius 2 is 2.00 bits per heavy atom. The molecule has 0 aromatic carbocycles. The average molecular weight is 292 g/mol. The van der Waals surface area contributed by atoms with Gasteiger partial charge in [-0.1, -0.05) is 13.8 Å². The monoisotopic (exact) mass is 292 g/mol. The zero-order valence-electron chi connectivity index (χ0n) is 13.4. The summed E-state index contributed by atoms with van der Waals surface area (Å²) in [6.45, 7) is 9.32. The standard InChI is InChI=1S/C16H28N4O/c1-3-7-14-18-15(17-8-4-2)13-16(19-14)21-12-11-20-9-5-6-10-20/h13H,3-12H2,1-2H3,(H,17,18,19). The second-order valence-electron chi connectivity index (χ2n) is 5.58. The molecule has 1 aromatic heterocycles. The summed E-state index contributed by atoms with van der Waals surface area (Å²) >= 11 is 0. The predicted octanol–water partition coefficient (Wildman–Crippen LogP) is 2.73. The van der Waals surface area contributed by atoms with Crippen molar-refractivity contribution in [3.05, 3.63) is 11.9 Å². The maximum atomic E-state index is 5.84. The molecule has 0 unspecified atom stereocenters. The van der Waals surface area contributed by atoms with Crippen LogP contribution in [0.5, 0.6) is 5.88 Å². The van der Waals surface area contributed by atoms with E-state index >= 15 is 0 Å². The molecule has 1 aromatic rings. The first-order chi connectivity index (χ1) is 10.3. The molecule has 5 heteroatoms. The fourth-order valence-electron chi connectivity index (χ4n) is 2.51. The van der Waals surface area contributed by atoms with Crippen molar-refractivity contribution in [3.8, 4) is 5.88 Å². The highest BCUT2D eigenvalue weighted by Gasteiger charge is 2.11. The molecule has 1 fully saturated rings. The minimum Gasteiger partial charge on any atom is -0.476 e. The van der Waals surface area contributed by atoms with Gasteiger partial charge in [0.1, 0.15) is 18.2 Å². The molecule has 1 N–H and O–H groups in total. The normalized spacial score (nSPS) is 15.3. The summed E-state index contributed by atoms with van der Waals surface area (Å²) in [6, 6.07) is 1.92. The highest BCUT2D eigenvalue weighted by atomic mass is 16.5. The SMILES string of the molecule is CCCNc1cc(OCCN2CCCC2)nc(CCC)n1. The quantitative estimate of drug-likeness (QED) is 0.758. The lowest BCUT2D eigenvalue weighted by Crippen LogP contribution is -2.25. The molecule has 1 saturated heterocycles. The number of anilines is 1. The number of nitrogens with one attached hydrogen (secondary N) is 1. The van der Waals surface area contributed by atoms with E-state index in [-0.39, 0.29) is 0 Å². The molecule has 0 aliphatic carbocycles. The van der Waals surface area contributed by atoms with Gasteiger partial charge in [0, 0.05) is 25.6 Å². The van der Waals surface area contributed by atoms with E-state index in [1.807, 2.05) is 6.07 Å². The number of ether oxygens (including phenoxy) is 1. The fourth-order valence-corrected chi connectivity index (χ4v) is 2.51. The summed E-state index contributed by atoms with van der Waals surface area (Å²) in [5.41, 5.74) is 0. The summed E-state index contributed by atoms with van der Waals surface area (Å²) in [5, 5.41) is 3.32. The van der Waals surface area contributed by atoms with Crippen molar-refractivity contribution < 1.29 is 4.74 Å². The van der Waals surface area contributed by atoms with E-state index in [1.54, 1.807) is 0 Å². The minimum atomic E-state index is 0.700. The van der Waals surface area contributed by atoms with E-state index in [0.717, 1.165) is 44.0 Å². The molecule has 118 valence electrons. The Morgan fingerprint density at radius 3 is 2.71 bits per heavy atom. The number of likely N-dealkylation sites (tertiary alicyclic amines) is 1. The van der Waals surface area contributed by atoms with Gasteiger partial charge in [-0.25, -0.2) is 4.98 Å². The topological polar surface area (TPSA) is 50.3 Å². The highest BCUT2D eigenvalue weighted by Crippen LogP contribution is 2.15. The number of nitrogens with zero attached hydrogens (tertiary/aromatic N) is 3. The van der Waals surface area contributed by atoms with Crippen molar-refractivity contribution in [3.63, 3.8) is 0 Å². The Hall–Kier alpha value is -1.36. The third-order valence-electron chi connectivity index (χ3n) is 3.63. The van der Waals surface area contributed by atoms with Crippen molar-refractivity contribution in [2.75, 3.05) is 38.1 Å². The number of hydrogen-bond donors (Lipinski definition) is 1. The van der Waals surface area contributed by atoms with E-state index < -0.39 is 0 Å². The Morgan fingerprint density at radius 1 is 1.19 bits per heavy atom. The average Bonchev–Trinajstić information content (AvgIpc) is 2.99. The largest absolute Gasteiger partial charge is 0.476 e. The van der Waals surface area contributed by atoms with E-state index in [4.69, 9.17) is 4.74 Å². The Kier molecular flexibility index (Phi) is 6.73. The number of aryl methyl sites for hydroxylation is 1. The van der Waals surface area contributed by atoms with Crippen LogP contribution in [0.25, 0.3) is 0 Å². The molecule has 0 atom stereocenters. The van der Waals surface area contributed by atoms with Gasteiger partial charge in [-0.15, -0.1) is 0 Å². The highest BCUT2D eigenvalue weighted by molar-refractivity contribution is 5.38. The van der Waals surface area contributed by atoms with Gasteiger partial charge in [-0.05, 0) is 38.8 Å². The summed E-state index contributed by atoms with van der Waals surface area (Å²) in [7, 11) is 0. The van der Waals surface area contributed by atoms with Gasteiger partial charge in [-0.3, -0.25) is 4.90 Å². The molecule has 21 heavy (non-hydrogen) atoms. The summed E-state index contributed by atoms with van der Waals surface area (Å²) < 4.78 is 5.84. The molecule has 1 aliphatic heterocycles. The first-order valence-electron chi connectivity index (χ1n) is 8.28. The van der Waals surface area contributed by atoms with Crippen LogP contribution in [0.2, 0.25) is 0 Å². The van der Waals surface area contributed by atoms with Crippen LogP contribution in [-0.4, -0.2) is 47.7 Å². The lowest BCUT2D eigenvalue weighted by molar-refractivity contribution is 0.231. The maximum absolute atomic E-state index is 5.84. The van der Waals surface area contributed by atoms with Gasteiger partial charge >= 0.3 is 0 Å². The van der Waals surface area contributed by atoms with Crippen molar-refractivity contribution in [2.45, 2.75) is 46.0 Å². The molecule has 0 bridgehead atoms. The molecule has 0 radical (unpaired) electrons. The fraction of sp³-hybridized carbons (Fsp3) is 0.750. The second-order valence-corrected chi connectivity index (χ2v) is 5.58. The van der Waals surface area contributed by atoms with E-state index in [1.165, 1.54) is 25.9 Å². The minimum absolute atomic E-state index is 0.700. The molecular weight excluding hydrogens is 264 g/mol. The first-order valence-corrected chi connectivity index (χ1v) is 8.28.